The van der Waals surface area contributed by atoms with E-state index < -0.39 is 44.1 Å². The van der Waals surface area contributed by atoms with Crippen LogP contribution in [0.25, 0.3) is 0 Å². The Balaban J connectivity index is 1.65. The summed E-state index contributed by atoms with van der Waals surface area (Å²) in [7, 11) is -2.33. The van der Waals surface area contributed by atoms with Gasteiger partial charge in [-0.15, -0.1) is 0 Å². The molecule has 40 heavy (non-hydrogen) atoms. The number of hydrogen-bond acceptors (Lipinski definition) is 7. The van der Waals surface area contributed by atoms with Gasteiger partial charge < -0.3 is 23.7 Å². The molecule has 0 spiro atoms. The zero-order chi connectivity index (χ0) is 28.9. The first-order valence-corrected chi connectivity index (χ1v) is 16.5. The Kier molecular flexibility index (Phi) is 9.60. The van der Waals surface area contributed by atoms with Crippen LogP contribution in [0, 0.1) is 0 Å². The molecule has 0 radical (unpaired) electrons. The molecule has 0 bridgehead atoms. The molecule has 2 aromatic carbocycles. The summed E-state index contributed by atoms with van der Waals surface area (Å²) in [5.41, 5.74) is 0.800. The maximum absolute atomic E-state index is 13.6. The highest BCUT2D eigenvalue weighted by molar-refractivity contribution is 6.74. The molecule has 4 rings (SSSR count). The van der Waals surface area contributed by atoms with E-state index >= 15 is 0 Å². The highest BCUT2D eigenvalue weighted by atomic mass is 28.4. The van der Waals surface area contributed by atoms with E-state index in [4.69, 9.17) is 18.6 Å². The molecule has 3 aromatic rings. The number of rotatable bonds is 11. The molecule has 1 fully saturated rings. The SMILES string of the molecule is CC(C)(C)[Si](C)(C)O[C@H]1[C@@H](OCc2ccccc2)[C@H](n2ccc(=O)n(COCc3ccccc3)c2=O)O[C@@H]1CO. The minimum atomic E-state index is -2.33. The van der Waals surface area contributed by atoms with Crippen molar-refractivity contribution >= 4 is 8.32 Å². The van der Waals surface area contributed by atoms with Crippen LogP contribution < -0.4 is 11.2 Å². The molecule has 1 aliphatic heterocycles. The van der Waals surface area contributed by atoms with Crippen LogP contribution in [0.1, 0.15) is 38.1 Å². The van der Waals surface area contributed by atoms with Crippen LogP contribution in [0.15, 0.2) is 82.5 Å². The smallest absolute Gasteiger partial charge is 0.335 e. The molecule has 1 saturated heterocycles. The Labute approximate surface area is 236 Å². The van der Waals surface area contributed by atoms with E-state index in [1.807, 2.05) is 60.7 Å². The first kappa shape index (κ1) is 30.1. The van der Waals surface area contributed by atoms with Crippen molar-refractivity contribution in [1.82, 2.24) is 9.13 Å². The summed E-state index contributed by atoms with van der Waals surface area (Å²) in [6.07, 6.45) is -1.59. The highest BCUT2D eigenvalue weighted by Gasteiger charge is 2.51. The Morgan fingerprint density at radius 2 is 1.50 bits per heavy atom. The van der Waals surface area contributed by atoms with Crippen molar-refractivity contribution in [3.05, 3.63) is 105 Å². The second-order valence-corrected chi connectivity index (χ2v) is 16.3. The summed E-state index contributed by atoms with van der Waals surface area (Å²) < 4.78 is 27.5. The van der Waals surface area contributed by atoms with Crippen molar-refractivity contribution in [3.63, 3.8) is 0 Å². The number of aromatic nitrogens is 2. The predicted molar refractivity (Wildman–Crippen MR) is 154 cm³/mol. The average molecular weight is 569 g/mol. The van der Waals surface area contributed by atoms with Gasteiger partial charge in [0.15, 0.2) is 14.5 Å². The third-order valence-corrected chi connectivity index (χ3v) is 12.2. The largest absolute Gasteiger partial charge is 0.408 e. The van der Waals surface area contributed by atoms with Crippen LogP contribution in [0.2, 0.25) is 18.1 Å². The molecule has 4 atom stereocenters. The summed E-state index contributed by atoms with van der Waals surface area (Å²) in [5, 5.41) is 10.2. The molecule has 9 nitrogen and oxygen atoms in total. The molecule has 1 N–H and O–H groups in total. The quantitative estimate of drug-likeness (QED) is 0.348. The van der Waals surface area contributed by atoms with Crippen molar-refractivity contribution in [2.45, 2.75) is 83.4 Å². The summed E-state index contributed by atoms with van der Waals surface area (Å²) in [6, 6.07) is 20.5. The lowest BCUT2D eigenvalue weighted by atomic mass is 10.1. The van der Waals surface area contributed by atoms with Gasteiger partial charge in [0, 0.05) is 12.3 Å². The van der Waals surface area contributed by atoms with E-state index in [9.17, 15) is 14.7 Å². The van der Waals surface area contributed by atoms with Gasteiger partial charge in [-0.1, -0.05) is 81.4 Å². The van der Waals surface area contributed by atoms with E-state index in [0.717, 1.165) is 15.7 Å². The standard InChI is InChI=1S/C30H40N2O7Si/c1-30(2,3)40(4,5)39-26-24(18-33)38-28(27(26)37-20-23-14-10-7-11-15-23)31-17-16-25(34)32(29(31)35)21-36-19-22-12-8-6-9-13-22/h6-17,24,26-28,33H,18-21H2,1-5H3/t24-,26-,27-,28-/m1/s1. The molecule has 1 aliphatic rings. The van der Waals surface area contributed by atoms with Gasteiger partial charge in [0.05, 0.1) is 19.8 Å². The van der Waals surface area contributed by atoms with Crippen molar-refractivity contribution in [1.29, 1.82) is 0 Å². The number of nitrogens with zero attached hydrogens (tertiary/aromatic N) is 2. The Hall–Kier alpha value is -2.86. The van der Waals surface area contributed by atoms with E-state index in [1.165, 1.54) is 16.8 Å². The zero-order valence-corrected chi connectivity index (χ0v) is 24.9. The molecule has 1 aromatic heterocycles. The Morgan fingerprint density at radius 3 is 2.08 bits per heavy atom. The van der Waals surface area contributed by atoms with Gasteiger partial charge in [0.25, 0.3) is 5.56 Å². The van der Waals surface area contributed by atoms with Gasteiger partial charge in [-0.3, -0.25) is 9.36 Å². The van der Waals surface area contributed by atoms with Crippen molar-refractivity contribution in [2.24, 2.45) is 0 Å². The number of benzene rings is 2. The average Bonchev–Trinajstić information content (AvgIpc) is 3.26. The maximum atomic E-state index is 13.6. The fourth-order valence-electron chi connectivity index (χ4n) is 4.36. The lowest BCUT2D eigenvalue weighted by Gasteiger charge is -2.40. The molecule has 10 heteroatoms. The Morgan fingerprint density at radius 1 is 0.900 bits per heavy atom. The zero-order valence-electron chi connectivity index (χ0n) is 23.9. The lowest BCUT2D eigenvalue weighted by Crippen LogP contribution is -2.50. The molecular formula is C30H40N2O7Si. The highest BCUT2D eigenvalue weighted by Crippen LogP contribution is 2.42. The third-order valence-electron chi connectivity index (χ3n) is 7.69. The van der Waals surface area contributed by atoms with Crippen LogP contribution >= 0.6 is 0 Å². The molecule has 0 saturated carbocycles. The van der Waals surface area contributed by atoms with Gasteiger partial charge in [-0.25, -0.2) is 9.36 Å². The summed E-state index contributed by atoms with van der Waals surface area (Å²) in [6.45, 7) is 10.6. The third kappa shape index (κ3) is 6.88. The molecule has 2 heterocycles. The van der Waals surface area contributed by atoms with Crippen LogP contribution in [-0.4, -0.2) is 47.5 Å². The van der Waals surface area contributed by atoms with Crippen LogP contribution in [0.3, 0.4) is 0 Å². The normalized spacial score (nSPS) is 21.6. The van der Waals surface area contributed by atoms with Crippen LogP contribution in [-0.2, 0) is 38.6 Å². The topological polar surface area (TPSA) is 101 Å². The van der Waals surface area contributed by atoms with Gasteiger partial charge in [0.2, 0.25) is 0 Å². The fourth-order valence-corrected chi connectivity index (χ4v) is 5.68. The monoisotopic (exact) mass is 568 g/mol. The van der Waals surface area contributed by atoms with E-state index in [-0.39, 0.29) is 31.6 Å². The molecule has 216 valence electrons. The summed E-state index contributed by atoms with van der Waals surface area (Å²) in [4.78, 5) is 26.3. The second-order valence-electron chi connectivity index (χ2n) is 11.6. The van der Waals surface area contributed by atoms with Crippen molar-refractivity contribution in [3.8, 4) is 0 Å². The van der Waals surface area contributed by atoms with Crippen LogP contribution in [0.4, 0.5) is 0 Å². The first-order valence-electron chi connectivity index (χ1n) is 13.5. The van der Waals surface area contributed by atoms with Gasteiger partial charge in [-0.05, 0) is 29.3 Å². The molecule has 0 aliphatic carbocycles. The maximum Gasteiger partial charge on any atom is 0.335 e. The fraction of sp³-hybridized carbons (Fsp3) is 0.467. The number of ether oxygens (including phenoxy) is 3. The van der Waals surface area contributed by atoms with Crippen molar-refractivity contribution in [2.75, 3.05) is 6.61 Å². The second kappa shape index (κ2) is 12.8. The molecule has 0 amide bonds. The minimum Gasteiger partial charge on any atom is -0.408 e. The Bertz CT molecular complexity index is 1350. The summed E-state index contributed by atoms with van der Waals surface area (Å²) in [5.74, 6) is 0. The summed E-state index contributed by atoms with van der Waals surface area (Å²) >= 11 is 0. The minimum absolute atomic E-state index is 0.102. The lowest BCUT2D eigenvalue weighted by molar-refractivity contribution is -0.0805. The van der Waals surface area contributed by atoms with Crippen molar-refractivity contribution < 1.29 is 23.7 Å². The van der Waals surface area contributed by atoms with Gasteiger partial charge in [-0.2, -0.15) is 0 Å². The van der Waals surface area contributed by atoms with Gasteiger partial charge >= 0.3 is 5.69 Å². The predicted octanol–water partition coefficient (Wildman–Crippen LogP) is 4.05. The van der Waals surface area contributed by atoms with E-state index in [1.54, 1.807) is 0 Å². The number of hydrogen-bond donors (Lipinski definition) is 1. The molecule has 0 unspecified atom stereocenters. The number of aliphatic hydroxyl groups is 1. The first-order chi connectivity index (χ1) is 19.0. The van der Waals surface area contributed by atoms with E-state index in [0.29, 0.717) is 0 Å². The van der Waals surface area contributed by atoms with E-state index in [2.05, 4.69) is 33.9 Å². The number of aliphatic hydroxyl groups excluding tert-OH is 1. The molecular weight excluding hydrogens is 528 g/mol. The van der Waals surface area contributed by atoms with Crippen LogP contribution in [0.5, 0.6) is 0 Å². The van der Waals surface area contributed by atoms with Gasteiger partial charge in [0.1, 0.15) is 25.0 Å².